The largest absolute Gasteiger partial charge is 1.00 e. The molecular weight excluding hydrogens is 321 g/mol. The van der Waals surface area contributed by atoms with Crippen molar-refractivity contribution in [2.24, 2.45) is 0 Å². The highest BCUT2D eigenvalue weighted by Crippen LogP contribution is 2.23. The molecule has 2 aromatic rings. The van der Waals surface area contributed by atoms with Crippen LogP contribution < -0.4 is 45.7 Å². The van der Waals surface area contributed by atoms with Crippen molar-refractivity contribution in [3.63, 3.8) is 0 Å². The predicted octanol–water partition coefficient (Wildman–Crippen LogP) is -6.32. The molecule has 0 bridgehead atoms. The highest BCUT2D eigenvalue weighted by atomic mass is 35.5. The normalized spacial score (nSPS) is 14.6. The number of H-pyrrole nitrogens is 1. The molecule has 1 aliphatic heterocycles. The number of hydrogen-bond acceptors (Lipinski definition) is 3. The Balaban J connectivity index is 0.000001000. The van der Waals surface area contributed by atoms with E-state index in [1.165, 1.54) is 0 Å². The maximum absolute atomic E-state index is 6.30. The van der Waals surface area contributed by atoms with Gasteiger partial charge >= 0.3 is 0 Å². The summed E-state index contributed by atoms with van der Waals surface area (Å²) in [5, 5.41) is 3.93. The second kappa shape index (κ2) is 7.13. The minimum Gasteiger partial charge on any atom is -1.00 e. The summed E-state index contributed by atoms with van der Waals surface area (Å²) in [7, 11) is 0. The van der Waals surface area contributed by atoms with Gasteiger partial charge in [-0.05, 0) is 12.1 Å². The number of pyridine rings is 2. The first-order chi connectivity index (χ1) is 8.74. The van der Waals surface area contributed by atoms with Gasteiger partial charge in [-0.15, -0.1) is 0 Å². The lowest BCUT2D eigenvalue weighted by Crippen LogP contribution is -3.00. The average molecular weight is 337 g/mol. The number of nitrogens with one attached hydrogen (secondary N) is 1. The molecule has 0 aromatic carbocycles. The van der Waals surface area contributed by atoms with Crippen LogP contribution in [-0.4, -0.2) is 31.2 Å². The quantitative estimate of drug-likeness (QED) is 0.544. The Morgan fingerprint density at radius 1 is 1.25 bits per heavy atom. The van der Waals surface area contributed by atoms with Gasteiger partial charge in [0.15, 0.2) is 0 Å². The molecule has 1 fully saturated rings. The molecule has 2 aromatic heterocycles. The molecule has 0 unspecified atom stereocenters. The summed E-state index contributed by atoms with van der Waals surface area (Å²) in [4.78, 5) is 9.90. The van der Waals surface area contributed by atoms with E-state index in [1.807, 2.05) is 12.1 Å². The van der Waals surface area contributed by atoms with Gasteiger partial charge in [0.1, 0.15) is 26.2 Å². The Hall–Kier alpha value is -1.01. The number of piperazine rings is 1. The zero-order chi connectivity index (χ0) is 12.5. The van der Waals surface area contributed by atoms with Crippen molar-refractivity contribution in [2.75, 3.05) is 36.8 Å². The van der Waals surface area contributed by atoms with Crippen LogP contribution in [0.15, 0.2) is 18.2 Å². The number of nitrogen functional groups attached to an aromatic ring is 1. The fourth-order valence-corrected chi connectivity index (χ4v) is 2.53. The molecule has 0 aliphatic carbocycles. The van der Waals surface area contributed by atoms with E-state index < -0.39 is 0 Å². The van der Waals surface area contributed by atoms with Gasteiger partial charge in [-0.2, -0.15) is 0 Å². The zero-order valence-corrected chi connectivity index (χ0v) is 13.0. The number of nitrogens with two attached hydrogens (primary N) is 2. The topological polar surface area (TPSA) is 72.9 Å². The van der Waals surface area contributed by atoms with Crippen molar-refractivity contribution < 1.29 is 35.1 Å². The van der Waals surface area contributed by atoms with E-state index in [2.05, 4.69) is 20.2 Å². The van der Waals surface area contributed by atoms with E-state index in [4.69, 9.17) is 17.3 Å². The van der Waals surface area contributed by atoms with Crippen LogP contribution in [0.1, 0.15) is 0 Å². The Bertz CT molecular complexity index is 587. The number of quaternary nitrogens is 1. The number of rotatable bonds is 1. The minimum absolute atomic E-state index is 0. The molecule has 1 saturated heterocycles. The number of hydrogen-bond donors (Lipinski definition) is 2. The van der Waals surface area contributed by atoms with Gasteiger partial charge in [-0.1, -0.05) is 16.6 Å². The molecule has 0 saturated carbocycles. The molecule has 8 heteroatoms. The summed E-state index contributed by atoms with van der Waals surface area (Å²) in [6.45, 7) is 4.24. The van der Waals surface area contributed by atoms with E-state index in [9.17, 15) is 0 Å². The van der Waals surface area contributed by atoms with Gasteiger partial charge < -0.3 is 35.9 Å². The van der Waals surface area contributed by atoms with Gasteiger partial charge in [0, 0.05) is 6.07 Å². The third-order valence-electron chi connectivity index (χ3n) is 3.23. The Morgan fingerprint density at radius 3 is 2.65 bits per heavy atom. The maximum Gasteiger partial charge on any atom is 0.271 e. The molecule has 3 rings (SSSR count). The smallest absolute Gasteiger partial charge is 0.271 e. The van der Waals surface area contributed by atoms with Crippen LogP contribution in [0.25, 0.3) is 11.0 Å². The van der Waals surface area contributed by atoms with Crippen LogP contribution in [-0.2, 0) is 0 Å². The first-order valence-corrected chi connectivity index (χ1v) is 6.46. The van der Waals surface area contributed by atoms with Crippen molar-refractivity contribution in [2.45, 2.75) is 0 Å². The van der Waals surface area contributed by atoms with Crippen LogP contribution in [0.4, 0.5) is 11.6 Å². The van der Waals surface area contributed by atoms with Crippen molar-refractivity contribution in [3.8, 4) is 0 Å². The van der Waals surface area contributed by atoms with E-state index in [1.54, 1.807) is 6.07 Å². The van der Waals surface area contributed by atoms with Crippen LogP contribution in [0.5, 0.6) is 0 Å². The number of nitrogens with zero attached hydrogens (tertiary/aromatic N) is 2. The second-order valence-corrected chi connectivity index (χ2v) is 4.90. The van der Waals surface area contributed by atoms with Crippen LogP contribution in [0.2, 0.25) is 5.02 Å². The van der Waals surface area contributed by atoms with Crippen LogP contribution in [0.3, 0.4) is 0 Å². The van der Waals surface area contributed by atoms with Gasteiger partial charge in [0.25, 0.3) is 5.65 Å². The molecule has 5 nitrogen and oxygen atoms in total. The fraction of sp³-hybridized carbons (Fsp3) is 0.333. The zero-order valence-electron chi connectivity index (χ0n) is 10.7. The second-order valence-electron chi connectivity index (χ2n) is 4.49. The summed E-state index contributed by atoms with van der Waals surface area (Å²) < 4.78 is 0. The predicted molar refractivity (Wildman–Crippen MR) is 71.6 cm³/mol. The Morgan fingerprint density at radius 2 is 1.95 bits per heavy atom. The molecule has 0 radical (unpaired) electrons. The summed E-state index contributed by atoms with van der Waals surface area (Å²) in [6, 6.07) is 5.62. The highest BCUT2D eigenvalue weighted by molar-refractivity contribution is 6.35. The van der Waals surface area contributed by atoms with Gasteiger partial charge in [0.2, 0.25) is 11.6 Å². The lowest BCUT2D eigenvalue weighted by Gasteiger charge is -2.22. The first kappa shape index (κ1) is 17.0. The fourth-order valence-electron chi connectivity index (χ4n) is 2.28. The standard InChI is InChI=1S/C12H14ClN5.2ClH/c13-9-7-11(18-5-3-15-4-6-18)17-12-8(9)1-2-10(14)16-12;;/h1-2,7,15H,3-6H2,(H2,14,16,17);2*1H. The van der Waals surface area contributed by atoms with Crippen LogP contribution >= 0.6 is 11.6 Å². The lowest BCUT2D eigenvalue weighted by molar-refractivity contribution is -0.656. The van der Waals surface area contributed by atoms with E-state index in [0.29, 0.717) is 10.8 Å². The molecule has 20 heavy (non-hydrogen) atoms. The Kier molecular flexibility index (Phi) is 6.07. The molecular formula is C12H16Cl3N5. The van der Waals surface area contributed by atoms with Crippen molar-refractivity contribution in [3.05, 3.63) is 23.2 Å². The lowest BCUT2D eigenvalue weighted by atomic mass is 10.2. The third-order valence-corrected chi connectivity index (χ3v) is 3.54. The summed E-state index contributed by atoms with van der Waals surface area (Å²) in [5.41, 5.74) is 6.45. The van der Waals surface area contributed by atoms with E-state index in [0.717, 1.165) is 43.0 Å². The number of aromatic amines is 1. The molecule has 5 N–H and O–H groups in total. The molecule has 0 atom stereocenters. The highest BCUT2D eigenvalue weighted by Gasteiger charge is 2.20. The summed E-state index contributed by atoms with van der Waals surface area (Å²) >= 11 is 6.30. The maximum atomic E-state index is 6.30. The number of aromatic nitrogens is 2. The molecule has 0 spiro atoms. The van der Waals surface area contributed by atoms with E-state index in [-0.39, 0.29) is 24.8 Å². The number of fused-ring (bicyclic) bond motifs is 1. The van der Waals surface area contributed by atoms with Gasteiger partial charge in [-0.25, -0.2) is 4.98 Å². The van der Waals surface area contributed by atoms with Crippen LogP contribution in [0, 0.1) is 0 Å². The van der Waals surface area contributed by atoms with Gasteiger partial charge in [-0.3, -0.25) is 4.90 Å². The SMILES string of the molecule is Nc1ccc2c(Cl)cc(N3CC[NH2+]CC3)[nH+]c2n1.[Cl-].[Cl-]. The van der Waals surface area contributed by atoms with Crippen molar-refractivity contribution in [1.29, 1.82) is 0 Å². The monoisotopic (exact) mass is 335 g/mol. The summed E-state index contributed by atoms with van der Waals surface area (Å²) in [6.07, 6.45) is 0. The average Bonchev–Trinajstić information content (AvgIpc) is 2.39. The number of anilines is 2. The molecule has 0 amide bonds. The van der Waals surface area contributed by atoms with Crippen molar-refractivity contribution in [1.82, 2.24) is 4.98 Å². The van der Waals surface area contributed by atoms with Crippen molar-refractivity contribution >= 4 is 34.3 Å². The molecule has 3 heterocycles. The first-order valence-electron chi connectivity index (χ1n) is 6.09. The number of halogens is 3. The molecule has 1 aliphatic rings. The van der Waals surface area contributed by atoms with E-state index >= 15 is 0 Å². The minimum atomic E-state index is 0. The molecule has 110 valence electrons. The third kappa shape index (κ3) is 3.35. The summed E-state index contributed by atoms with van der Waals surface area (Å²) in [5.74, 6) is 1.51. The Labute approximate surface area is 134 Å². The van der Waals surface area contributed by atoms with Gasteiger partial charge in [0.05, 0.1) is 10.4 Å².